The standard InChI is InChI=1S/C20H17ClN2O4S/c21-18-12-19(23(28(22,26)27)13-14-7-3-1-4-8-14)17(20(24)25)11-16(18)15-9-5-2-6-10-15/h1-12H,13H2,(H,24,25)(H2,22,26,27). The molecule has 28 heavy (non-hydrogen) atoms. The molecule has 0 atom stereocenters. The molecule has 3 N–H and O–H groups in total. The van der Waals surface area contributed by atoms with Crippen LogP contribution in [0.4, 0.5) is 5.69 Å². The van der Waals surface area contributed by atoms with Gasteiger partial charge < -0.3 is 5.11 Å². The monoisotopic (exact) mass is 416 g/mol. The number of nitrogens with zero attached hydrogens (tertiary/aromatic N) is 1. The highest BCUT2D eigenvalue weighted by Crippen LogP contribution is 2.36. The number of rotatable bonds is 6. The van der Waals surface area contributed by atoms with Gasteiger partial charge in [-0.05, 0) is 23.3 Å². The van der Waals surface area contributed by atoms with Crippen molar-refractivity contribution in [2.45, 2.75) is 6.54 Å². The Morgan fingerprint density at radius 3 is 2.11 bits per heavy atom. The van der Waals surface area contributed by atoms with Gasteiger partial charge in [-0.25, -0.2) is 9.93 Å². The van der Waals surface area contributed by atoms with Crippen LogP contribution in [0.1, 0.15) is 15.9 Å². The zero-order chi connectivity index (χ0) is 20.3. The number of benzene rings is 3. The van der Waals surface area contributed by atoms with Gasteiger partial charge in [0, 0.05) is 5.56 Å². The maximum atomic E-state index is 12.2. The quantitative estimate of drug-likeness (QED) is 0.636. The molecule has 3 aromatic carbocycles. The molecule has 0 amide bonds. The second-order valence-electron chi connectivity index (χ2n) is 6.06. The summed E-state index contributed by atoms with van der Waals surface area (Å²) in [4.78, 5) is 11.9. The topological polar surface area (TPSA) is 101 Å². The maximum Gasteiger partial charge on any atom is 0.337 e. The summed E-state index contributed by atoms with van der Waals surface area (Å²) in [5.41, 5.74) is 1.54. The minimum Gasteiger partial charge on any atom is -0.478 e. The zero-order valence-corrected chi connectivity index (χ0v) is 16.2. The Balaban J connectivity index is 2.17. The first-order chi connectivity index (χ1) is 13.3. The smallest absolute Gasteiger partial charge is 0.337 e. The first-order valence-corrected chi connectivity index (χ1v) is 10.1. The molecule has 0 radical (unpaired) electrons. The largest absolute Gasteiger partial charge is 0.478 e. The van der Waals surface area contributed by atoms with Crippen molar-refractivity contribution in [3.63, 3.8) is 0 Å². The van der Waals surface area contributed by atoms with Crippen LogP contribution in [-0.4, -0.2) is 19.5 Å². The molecule has 0 unspecified atom stereocenters. The van der Waals surface area contributed by atoms with Crippen LogP contribution in [0.25, 0.3) is 11.1 Å². The molecule has 0 bridgehead atoms. The number of nitrogens with two attached hydrogens (primary N) is 1. The Bertz CT molecular complexity index is 1100. The van der Waals surface area contributed by atoms with Crippen LogP contribution in [0.2, 0.25) is 5.02 Å². The van der Waals surface area contributed by atoms with Crippen LogP contribution in [0.5, 0.6) is 0 Å². The number of anilines is 1. The van der Waals surface area contributed by atoms with Gasteiger partial charge in [-0.15, -0.1) is 0 Å². The molecule has 8 heteroatoms. The lowest BCUT2D eigenvalue weighted by atomic mass is 10.0. The normalized spacial score (nSPS) is 11.2. The molecule has 0 spiro atoms. The van der Waals surface area contributed by atoms with E-state index in [9.17, 15) is 18.3 Å². The van der Waals surface area contributed by atoms with E-state index in [2.05, 4.69) is 0 Å². The van der Waals surface area contributed by atoms with E-state index in [0.29, 0.717) is 16.7 Å². The molecular weight excluding hydrogens is 400 g/mol. The molecule has 0 fully saturated rings. The molecule has 0 heterocycles. The average Bonchev–Trinajstić information content (AvgIpc) is 2.66. The van der Waals surface area contributed by atoms with E-state index in [4.69, 9.17) is 16.7 Å². The lowest BCUT2D eigenvalue weighted by Crippen LogP contribution is -2.37. The SMILES string of the molecule is NS(=O)(=O)N(Cc1ccccc1)c1cc(Cl)c(-c2ccccc2)cc1C(=O)O. The van der Waals surface area contributed by atoms with Crippen molar-refractivity contribution in [1.82, 2.24) is 0 Å². The second-order valence-corrected chi connectivity index (χ2v) is 7.94. The molecule has 0 aromatic heterocycles. The predicted octanol–water partition coefficient (Wildman–Crippen LogP) is 3.92. The second kappa shape index (κ2) is 8.02. The summed E-state index contributed by atoms with van der Waals surface area (Å²) in [6.45, 7) is -0.124. The number of aromatic carboxylic acids is 1. The third-order valence-corrected chi connectivity index (χ3v) is 5.40. The number of hydrogen-bond acceptors (Lipinski definition) is 3. The van der Waals surface area contributed by atoms with Gasteiger partial charge in [-0.2, -0.15) is 8.42 Å². The van der Waals surface area contributed by atoms with E-state index in [0.717, 1.165) is 4.31 Å². The number of carboxylic acids is 1. The van der Waals surface area contributed by atoms with Crippen molar-refractivity contribution in [2.75, 3.05) is 4.31 Å². The van der Waals surface area contributed by atoms with E-state index in [1.807, 2.05) is 6.07 Å². The predicted molar refractivity (Wildman–Crippen MR) is 110 cm³/mol. The summed E-state index contributed by atoms with van der Waals surface area (Å²) in [5, 5.41) is 15.3. The fraction of sp³-hybridized carbons (Fsp3) is 0.0500. The molecule has 3 aromatic rings. The summed E-state index contributed by atoms with van der Waals surface area (Å²) < 4.78 is 25.3. The maximum absolute atomic E-state index is 12.2. The third-order valence-electron chi connectivity index (χ3n) is 4.15. The van der Waals surface area contributed by atoms with Crippen molar-refractivity contribution in [3.8, 4) is 11.1 Å². The Morgan fingerprint density at radius 1 is 1.00 bits per heavy atom. The van der Waals surface area contributed by atoms with Crippen molar-refractivity contribution in [1.29, 1.82) is 0 Å². The molecular formula is C20H17ClN2O4S. The minimum atomic E-state index is -4.26. The number of hydrogen-bond donors (Lipinski definition) is 2. The Hall–Kier alpha value is -2.87. The highest BCUT2D eigenvalue weighted by atomic mass is 35.5. The van der Waals surface area contributed by atoms with Gasteiger partial charge in [0.15, 0.2) is 0 Å². The van der Waals surface area contributed by atoms with E-state index in [1.54, 1.807) is 54.6 Å². The molecule has 0 aliphatic heterocycles. The lowest BCUT2D eigenvalue weighted by molar-refractivity contribution is 0.0698. The van der Waals surface area contributed by atoms with Crippen LogP contribution in [0, 0.1) is 0 Å². The van der Waals surface area contributed by atoms with E-state index >= 15 is 0 Å². The first kappa shape index (κ1) is 19.9. The molecule has 0 aliphatic rings. The van der Waals surface area contributed by atoms with Gasteiger partial charge in [0.25, 0.3) is 10.2 Å². The third kappa shape index (κ3) is 4.33. The van der Waals surface area contributed by atoms with Crippen LogP contribution in [-0.2, 0) is 16.8 Å². The first-order valence-electron chi connectivity index (χ1n) is 8.24. The summed E-state index contributed by atoms with van der Waals surface area (Å²) in [5.74, 6) is -1.29. The molecule has 0 aliphatic carbocycles. The van der Waals surface area contributed by atoms with Gasteiger partial charge in [0.1, 0.15) is 0 Å². The molecule has 0 saturated carbocycles. The van der Waals surface area contributed by atoms with E-state index in [-0.39, 0.29) is 22.8 Å². The van der Waals surface area contributed by atoms with Crippen molar-refractivity contribution in [3.05, 3.63) is 88.9 Å². The highest BCUT2D eigenvalue weighted by Gasteiger charge is 2.26. The van der Waals surface area contributed by atoms with Gasteiger partial charge in [0.2, 0.25) is 0 Å². The number of carboxylic acid groups (broad SMARTS) is 1. The summed E-state index contributed by atoms with van der Waals surface area (Å²) in [6, 6.07) is 20.4. The zero-order valence-electron chi connectivity index (χ0n) is 14.6. The van der Waals surface area contributed by atoms with Gasteiger partial charge in [0.05, 0.1) is 22.8 Å². The molecule has 3 rings (SSSR count). The summed E-state index contributed by atoms with van der Waals surface area (Å²) >= 11 is 6.38. The average molecular weight is 417 g/mol. The Kier molecular flexibility index (Phi) is 5.69. The molecule has 6 nitrogen and oxygen atoms in total. The fourth-order valence-corrected chi connectivity index (χ4v) is 3.86. The Labute approximate surface area is 168 Å². The summed E-state index contributed by atoms with van der Waals surface area (Å²) in [6.07, 6.45) is 0. The highest BCUT2D eigenvalue weighted by molar-refractivity contribution is 7.90. The fourth-order valence-electron chi connectivity index (χ4n) is 2.84. The lowest BCUT2D eigenvalue weighted by Gasteiger charge is -2.24. The van der Waals surface area contributed by atoms with Crippen LogP contribution in [0.3, 0.4) is 0 Å². The number of carbonyl (C=O) groups is 1. The van der Waals surface area contributed by atoms with Gasteiger partial charge in [-0.3, -0.25) is 4.31 Å². The molecule has 144 valence electrons. The van der Waals surface area contributed by atoms with Crippen molar-refractivity contribution in [2.24, 2.45) is 5.14 Å². The van der Waals surface area contributed by atoms with Crippen LogP contribution in [0.15, 0.2) is 72.8 Å². The van der Waals surface area contributed by atoms with Crippen molar-refractivity contribution < 1.29 is 18.3 Å². The van der Waals surface area contributed by atoms with E-state index < -0.39 is 16.2 Å². The van der Waals surface area contributed by atoms with E-state index in [1.165, 1.54) is 12.1 Å². The van der Waals surface area contributed by atoms with Crippen LogP contribution >= 0.6 is 11.6 Å². The van der Waals surface area contributed by atoms with Gasteiger partial charge in [-0.1, -0.05) is 72.3 Å². The summed E-state index contributed by atoms with van der Waals surface area (Å²) in [7, 11) is -4.26. The van der Waals surface area contributed by atoms with Gasteiger partial charge >= 0.3 is 5.97 Å². The van der Waals surface area contributed by atoms with Crippen molar-refractivity contribution >= 4 is 33.5 Å². The minimum absolute atomic E-state index is 0.0939. The Morgan fingerprint density at radius 2 is 1.57 bits per heavy atom. The van der Waals surface area contributed by atoms with Crippen LogP contribution < -0.4 is 9.44 Å². The number of halogens is 1. The molecule has 0 saturated heterocycles.